The average Bonchev–Trinajstić information content (AvgIpc) is 1.83. The average molecular weight is 181 g/mol. The summed E-state index contributed by atoms with van der Waals surface area (Å²) >= 11 is 0. The van der Waals surface area contributed by atoms with Crippen molar-refractivity contribution in [2.45, 2.75) is 0 Å². The molecule has 0 saturated heterocycles. The van der Waals surface area contributed by atoms with E-state index in [0.717, 1.165) is 0 Å². The summed E-state index contributed by atoms with van der Waals surface area (Å²) in [6.45, 7) is -5.39. The van der Waals surface area contributed by atoms with Crippen molar-refractivity contribution in [2.75, 3.05) is 0 Å². The zero-order chi connectivity index (χ0) is 9.35. The van der Waals surface area contributed by atoms with E-state index in [4.69, 9.17) is 0 Å². The van der Waals surface area contributed by atoms with Gasteiger partial charge in [0, 0.05) is 6.07 Å². The summed E-state index contributed by atoms with van der Waals surface area (Å²) in [6, 6.07) is 1.18. The Kier molecular flexibility index (Phi) is 2.08. The fourth-order valence-corrected chi connectivity index (χ4v) is 0.767. The molecule has 0 unspecified atom stereocenters. The van der Waals surface area contributed by atoms with E-state index in [0.29, 0.717) is 12.1 Å². The summed E-state index contributed by atoms with van der Waals surface area (Å²) in [5.74, 6) is -2.58. The van der Waals surface area contributed by atoms with Crippen molar-refractivity contribution in [3.63, 3.8) is 0 Å². The summed E-state index contributed by atoms with van der Waals surface area (Å²) < 4.78 is 60.2. The summed E-state index contributed by atoms with van der Waals surface area (Å²) in [4.78, 5) is 0. The minimum absolute atomic E-state index is 0.213. The van der Waals surface area contributed by atoms with Crippen molar-refractivity contribution in [3.8, 4) is 0 Å². The van der Waals surface area contributed by atoms with Crippen LogP contribution in [0, 0.1) is 11.6 Å². The van der Waals surface area contributed by atoms with Crippen LogP contribution in [0.1, 0.15) is 0 Å². The van der Waals surface area contributed by atoms with Crippen LogP contribution in [0.15, 0.2) is 18.2 Å². The van der Waals surface area contributed by atoms with Gasteiger partial charge < -0.3 is 12.9 Å². The van der Waals surface area contributed by atoms with Crippen LogP contribution in [0.25, 0.3) is 0 Å². The molecule has 1 aromatic rings. The van der Waals surface area contributed by atoms with Gasteiger partial charge in [0.2, 0.25) is 0 Å². The minimum atomic E-state index is -5.39. The van der Waals surface area contributed by atoms with Crippen LogP contribution in [0.4, 0.5) is 21.7 Å². The Bertz CT molecular complexity index is 292. The van der Waals surface area contributed by atoms with Gasteiger partial charge >= 0.3 is 6.98 Å². The molecule has 0 fully saturated rings. The maximum atomic E-state index is 12.4. The van der Waals surface area contributed by atoms with Crippen LogP contribution in [0.2, 0.25) is 0 Å². The molecule has 0 aliphatic carbocycles. The van der Waals surface area contributed by atoms with Gasteiger partial charge in [0.25, 0.3) is 0 Å². The van der Waals surface area contributed by atoms with E-state index < -0.39 is 24.1 Å². The van der Waals surface area contributed by atoms with Crippen molar-refractivity contribution in [3.05, 3.63) is 29.8 Å². The first-order valence-electron chi connectivity index (χ1n) is 3.06. The fourth-order valence-electron chi connectivity index (χ4n) is 0.767. The van der Waals surface area contributed by atoms with Gasteiger partial charge in [0.15, 0.2) is 0 Å². The van der Waals surface area contributed by atoms with Gasteiger partial charge in [0.05, 0.1) is 5.82 Å². The molecule has 0 bridgehead atoms. The van der Waals surface area contributed by atoms with Gasteiger partial charge in [-0.3, -0.25) is 0 Å². The van der Waals surface area contributed by atoms with Crippen LogP contribution in [-0.4, -0.2) is 6.98 Å². The van der Waals surface area contributed by atoms with Crippen molar-refractivity contribution in [1.29, 1.82) is 0 Å². The third-order valence-electron chi connectivity index (χ3n) is 1.32. The molecule has 0 amide bonds. The molecule has 6 heteroatoms. The number of hydrogen-bond acceptors (Lipinski definition) is 0. The molecule has 0 atom stereocenters. The summed E-state index contributed by atoms with van der Waals surface area (Å²) in [5.41, 5.74) is -1.39. The normalized spacial score (nSPS) is 11.8. The van der Waals surface area contributed by atoms with Crippen LogP contribution in [0.5, 0.6) is 0 Å². The molecule has 0 aliphatic rings. The first kappa shape index (κ1) is 9.03. The topological polar surface area (TPSA) is 0 Å². The molecule has 0 radical (unpaired) electrons. The fraction of sp³-hybridized carbons (Fsp3) is 0. The Morgan fingerprint density at radius 2 is 1.58 bits per heavy atom. The first-order chi connectivity index (χ1) is 5.41. The summed E-state index contributed by atoms with van der Waals surface area (Å²) in [7, 11) is 0. The summed E-state index contributed by atoms with van der Waals surface area (Å²) in [5, 5.41) is 0. The number of hydrogen-bond donors (Lipinski definition) is 0. The molecule has 0 nitrogen and oxygen atoms in total. The smallest absolute Gasteiger partial charge is 0.445 e. The van der Waals surface area contributed by atoms with Crippen molar-refractivity contribution in [1.82, 2.24) is 0 Å². The molecule has 1 aromatic carbocycles. The van der Waals surface area contributed by atoms with Crippen LogP contribution in [-0.2, 0) is 0 Å². The standard InChI is InChI=1S/C6H3BF5/c8-4-1-2-5(6(9)3-4)7(10,11)12/h1-3H/q-1. The van der Waals surface area contributed by atoms with Gasteiger partial charge in [-0.25, -0.2) is 8.78 Å². The maximum Gasteiger partial charge on any atom is 0.512 e. The SMILES string of the molecule is Fc1ccc([B-](F)(F)F)c(F)c1. The molecule has 0 aliphatic heterocycles. The number of benzene rings is 1. The highest BCUT2D eigenvalue weighted by molar-refractivity contribution is 6.73. The highest BCUT2D eigenvalue weighted by atomic mass is 19.4. The zero-order valence-electron chi connectivity index (χ0n) is 5.70. The van der Waals surface area contributed by atoms with E-state index in [9.17, 15) is 21.7 Å². The minimum Gasteiger partial charge on any atom is -0.445 e. The molecule has 0 N–H and O–H groups in total. The van der Waals surface area contributed by atoms with Crippen LogP contribution in [0.3, 0.4) is 0 Å². The molecule has 0 heterocycles. The highest BCUT2D eigenvalue weighted by Gasteiger charge is 2.28. The molecule has 12 heavy (non-hydrogen) atoms. The second kappa shape index (κ2) is 2.77. The van der Waals surface area contributed by atoms with Crippen molar-refractivity contribution in [2.24, 2.45) is 0 Å². The molecular weight excluding hydrogens is 178 g/mol. The predicted molar refractivity (Wildman–Crippen MR) is 35.1 cm³/mol. The van der Waals surface area contributed by atoms with Crippen LogP contribution >= 0.6 is 0 Å². The molecular formula is C6H3BF5-. The molecule has 0 spiro atoms. The first-order valence-corrected chi connectivity index (χ1v) is 3.06. The van der Waals surface area contributed by atoms with E-state index in [1.807, 2.05) is 0 Å². The molecule has 0 aromatic heterocycles. The number of rotatable bonds is 1. The third-order valence-corrected chi connectivity index (χ3v) is 1.32. The summed E-state index contributed by atoms with van der Waals surface area (Å²) in [6.07, 6.45) is 0. The van der Waals surface area contributed by atoms with E-state index in [1.54, 1.807) is 0 Å². The largest absolute Gasteiger partial charge is 0.512 e. The molecule has 1 rings (SSSR count). The van der Waals surface area contributed by atoms with Crippen LogP contribution < -0.4 is 5.46 Å². The van der Waals surface area contributed by atoms with Gasteiger partial charge in [-0.2, -0.15) is 0 Å². The number of halogens is 5. The van der Waals surface area contributed by atoms with E-state index in [2.05, 4.69) is 0 Å². The van der Waals surface area contributed by atoms with E-state index in [-0.39, 0.29) is 6.07 Å². The second-order valence-corrected chi connectivity index (χ2v) is 2.24. The Labute approximate surface area is 65.1 Å². The van der Waals surface area contributed by atoms with Crippen molar-refractivity contribution >= 4 is 12.4 Å². The Hall–Kier alpha value is -1.07. The van der Waals surface area contributed by atoms with Crippen molar-refractivity contribution < 1.29 is 21.7 Å². The lowest BCUT2D eigenvalue weighted by atomic mass is 9.80. The molecule has 0 saturated carbocycles. The Morgan fingerprint density at radius 1 is 1.00 bits per heavy atom. The Morgan fingerprint density at radius 3 is 2.00 bits per heavy atom. The van der Waals surface area contributed by atoms with Gasteiger partial charge in [-0.1, -0.05) is 11.5 Å². The van der Waals surface area contributed by atoms with Gasteiger partial charge in [-0.15, -0.1) is 0 Å². The zero-order valence-corrected chi connectivity index (χ0v) is 5.70. The van der Waals surface area contributed by atoms with Gasteiger partial charge in [-0.05, 0) is 6.07 Å². The molecule has 66 valence electrons. The third kappa shape index (κ3) is 1.75. The second-order valence-electron chi connectivity index (χ2n) is 2.24. The monoisotopic (exact) mass is 181 g/mol. The van der Waals surface area contributed by atoms with Gasteiger partial charge in [0.1, 0.15) is 5.82 Å². The lowest BCUT2D eigenvalue weighted by Gasteiger charge is -2.14. The Balaban J connectivity index is 3.19. The quantitative estimate of drug-likeness (QED) is 0.459. The predicted octanol–water partition coefficient (Wildman–Crippen LogP) is 2.02. The lowest BCUT2D eigenvalue weighted by Crippen LogP contribution is -2.36. The maximum absolute atomic E-state index is 12.4. The lowest BCUT2D eigenvalue weighted by molar-refractivity contribution is 0.492. The van der Waals surface area contributed by atoms with E-state index >= 15 is 0 Å². The highest BCUT2D eigenvalue weighted by Crippen LogP contribution is 2.11. The van der Waals surface area contributed by atoms with E-state index in [1.165, 1.54) is 0 Å².